The molecule has 8 heteroatoms. The number of carbonyl (C=O) groups is 3. The van der Waals surface area contributed by atoms with Crippen molar-refractivity contribution in [1.29, 1.82) is 0 Å². The normalized spacial score (nSPS) is 16.3. The van der Waals surface area contributed by atoms with Crippen molar-refractivity contribution >= 4 is 34.5 Å². The van der Waals surface area contributed by atoms with E-state index < -0.39 is 11.2 Å². The van der Waals surface area contributed by atoms with Crippen molar-refractivity contribution in [2.24, 2.45) is 0 Å². The Morgan fingerprint density at radius 2 is 1.90 bits per heavy atom. The molecule has 30 heavy (non-hydrogen) atoms. The highest BCUT2D eigenvalue weighted by molar-refractivity contribution is 8.15. The van der Waals surface area contributed by atoms with Gasteiger partial charge in [-0.3, -0.25) is 19.9 Å². The predicted octanol–water partition coefficient (Wildman–Crippen LogP) is 3.17. The number of esters is 1. The Morgan fingerprint density at radius 3 is 2.47 bits per heavy atom. The summed E-state index contributed by atoms with van der Waals surface area (Å²) in [6.07, 6.45) is 4.48. The van der Waals surface area contributed by atoms with E-state index in [9.17, 15) is 14.4 Å². The van der Waals surface area contributed by atoms with Crippen LogP contribution in [0.15, 0.2) is 48.7 Å². The van der Waals surface area contributed by atoms with E-state index in [2.05, 4.69) is 10.3 Å². The quantitative estimate of drug-likeness (QED) is 0.512. The first-order valence-corrected chi connectivity index (χ1v) is 10.3. The number of rotatable bonds is 8. The van der Waals surface area contributed by atoms with Gasteiger partial charge in [-0.15, -0.1) is 0 Å². The van der Waals surface area contributed by atoms with Crippen LogP contribution >= 0.6 is 11.8 Å². The number of carbonyl (C=O) groups excluding carboxylic acids is 3. The van der Waals surface area contributed by atoms with Crippen molar-refractivity contribution in [2.45, 2.75) is 25.0 Å². The summed E-state index contributed by atoms with van der Waals surface area (Å²) in [5.41, 5.74) is 3.27. The minimum Gasteiger partial charge on any atom is -0.489 e. The molecule has 0 saturated carbocycles. The molecule has 0 radical (unpaired) electrons. The Balaban J connectivity index is 1.66. The third kappa shape index (κ3) is 5.70. The molecule has 1 fully saturated rings. The first kappa shape index (κ1) is 21.6. The number of thioether (sulfide) groups is 1. The molecule has 1 aromatic carbocycles. The third-order valence-corrected chi connectivity index (χ3v) is 5.54. The summed E-state index contributed by atoms with van der Waals surface area (Å²) >= 11 is 1.01. The molecule has 0 bridgehead atoms. The number of hydrogen-bond donors (Lipinski definition) is 1. The second-order valence-electron chi connectivity index (χ2n) is 6.62. The SMILES string of the molecule is CCc1ccc(/C(=C/C(=O)OC)COc2ccc(CC3SC(=O)NC3=O)cc2)nc1. The Bertz CT molecular complexity index is 954. The van der Waals surface area contributed by atoms with Gasteiger partial charge in [0.05, 0.1) is 18.1 Å². The van der Waals surface area contributed by atoms with Crippen LogP contribution in [0.1, 0.15) is 23.7 Å². The fraction of sp³-hybridized carbons (Fsp3) is 0.273. The second-order valence-corrected chi connectivity index (χ2v) is 7.79. The van der Waals surface area contributed by atoms with E-state index in [1.54, 1.807) is 18.3 Å². The van der Waals surface area contributed by atoms with Crippen molar-refractivity contribution in [3.8, 4) is 5.75 Å². The van der Waals surface area contributed by atoms with Crippen LogP contribution in [-0.2, 0) is 27.2 Å². The molecule has 2 heterocycles. The fourth-order valence-corrected chi connectivity index (χ4v) is 3.70. The number of pyridine rings is 1. The van der Waals surface area contributed by atoms with E-state index >= 15 is 0 Å². The number of aromatic nitrogens is 1. The van der Waals surface area contributed by atoms with Gasteiger partial charge in [-0.05, 0) is 42.2 Å². The Hall–Kier alpha value is -3.13. The first-order chi connectivity index (χ1) is 14.5. The van der Waals surface area contributed by atoms with Gasteiger partial charge in [0, 0.05) is 17.8 Å². The van der Waals surface area contributed by atoms with E-state index in [0.29, 0.717) is 23.4 Å². The number of aryl methyl sites for hydroxylation is 1. The van der Waals surface area contributed by atoms with Crippen molar-refractivity contribution in [1.82, 2.24) is 10.3 Å². The monoisotopic (exact) mass is 426 g/mol. The van der Waals surface area contributed by atoms with Crippen LogP contribution in [-0.4, -0.2) is 41.1 Å². The standard InChI is InChI=1S/C22H22N2O5S/c1-3-14-6-9-18(23-12-14)16(11-20(25)28-2)13-29-17-7-4-15(5-8-17)10-19-21(26)24-22(27)30-19/h4-9,11-12,19H,3,10,13H2,1-2H3,(H,24,26,27)/b16-11+. The fourth-order valence-electron chi connectivity index (χ4n) is 2.84. The molecule has 3 rings (SSSR count). The van der Waals surface area contributed by atoms with Crippen LogP contribution in [0.2, 0.25) is 0 Å². The lowest BCUT2D eigenvalue weighted by molar-refractivity contribution is -0.134. The minimum atomic E-state index is -0.479. The van der Waals surface area contributed by atoms with Crippen LogP contribution in [0.3, 0.4) is 0 Å². The molecule has 2 aromatic rings. The Labute approximate surface area is 178 Å². The molecule has 0 aliphatic carbocycles. The van der Waals surface area contributed by atoms with Gasteiger partial charge in [-0.25, -0.2) is 4.79 Å². The number of methoxy groups -OCH3 is 1. The zero-order valence-corrected chi connectivity index (χ0v) is 17.5. The summed E-state index contributed by atoms with van der Waals surface area (Å²) in [5, 5.41) is 1.57. The molecular weight excluding hydrogens is 404 g/mol. The summed E-state index contributed by atoms with van der Waals surface area (Å²) in [7, 11) is 1.32. The average Bonchev–Trinajstić information content (AvgIpc) is 3.08. The van der Waals surface area contributed by atoms with E-state index in [4.69, 9.17) is 9.47 Å². The smallest absolute Gasteiger partial charge is 0.330 e. The number of benzene rings is 1. The Kier molecular flexibility index (Phi) is 7.24. The van der Waals surface area contributed by atoms with Crippen molar-refractivity contribution in [2.75, 3.05) is 13.7 Å². The predicted molar refractivity (Wildman–Crippen MR) is 114 cm³/mol. The highest BCUT2D eigenvalue weighted by Gasteiger charge is 2.31. The van der Waals surface area contributed by atoms with Gasteiger partial charge >= 0.3 is 5.97 Å². The molecule has 1 aliphatic heterocycles. The summed E-state index contributed by atoms with van der Waals surface area (Å²) in [5.74, 6) is -0.129. The number of amides is 2. The molecule has 1 atom stereocenters. The van der Waals surface area contributed by atoms with Gasteiger partial charge in [-0.1, -0.05) is 36.9 Å². The molecule has 1 unspecified atom stereocenters. The highest BCUT2D eigenvalue weighted by atomic mass is 32.2. The van der Waals surface area contributed by atoms with Crippen LogP contribution in [0.5, 0.6) is 5.75 Å². The van der Waals surface area contributed by atoms with Gasteiger partial charge in [-0.2, -0.15) is 0 Å². The lowest BCUT2D eigenvalue weighted by atomic mass is 10.1. The van der Waals surface area contributed by atoms with Crippen molar-refractivity contribution < 1.29 is 23.9 Å². The number of hydrogen-bond acceptors (Lipinski definition) is 7. The average molecular weight is 426 g/mol. The van der Waals surface area contributed by atoms with Crippen molar-refractivity contribution in [3.05, 3.63) is 65.5 Å². The molecule has 1 N–H and O–H groups in total. The topological polar surface area (TPSA) is 94.6 Å². The number of ether oxygens (including phenoxy) is 2. The highest BCUT2D eigenvalue weighted by Crippen LogP contribution is 2.24. The summed E-state index contributed by atoms with van der Waals surface area (Å²) in [6.45, 7) is 2.19. The zero-order valence-electron chi connectivity index (χ0n) is 16.7. The maximum atomic E-state index is 11.7. The molecule has 0 spiro atoms. The number of nitrogens with one attached hydrogen (secondary N) is 1. The maximum absolute atomic E-state index is 11.7. The molecule has 2 amide bonds. The summed E-state index contributed by atoms with van der Waals surface area (Å²) in [6, 6.07) is 11.1. The molecule has 7 nitrogen and oxygen atoms in total. The van der Waals surface area contributed by atoms with Crippen LogP contribution in [0, 0.1) is 0 Å². The molecule has 1 aromatic heterocycles. The van der Waals surface area contributed by atoms with Gasteiger partial charge in [0.2, 0.25) is 5.91 Å². The largest absolute Gasteiger partial charge is 0.489 e. The maximum Gasteiger partial charge on any atom is 0.330 e. The number of nitrogens with zero attached hydrogens (tertiary/aromatic N) is 1. The molecular formula is C22H22N2O5S. The van der Waals surface area contributed by atoms with Crippen LogP contribution in [0.25, 0.3) is 5.57 Å². The second kappa shape index (κ2) is 10.1. The molecule has 1 aliphatic rings. The van der Waals surface area contributed by atoms with Crippen LogP contribution < -0.4 is 10.1 Å². The lowest BCUT2D eigenvalue weighted by Crippen LogP contribution is -2.25. The minimum absolute atomic E-state index is 0.141. The van der Waals surface area contributed by atoms with Gasteiger partial charge in [0.25, 0.3) is 5.24 Å². The van der Waals surface area contributed by atoms with Gasteiger partial charge in [0.1, 0.15) is 12.4 Å². The summed E-state index contributed by atoms with van der Waals surface area (Å²) < 4.78 is 10.6. The van der Waals surface area contributed by atoms with E-state index in [1.807, 2.05) is 31.2 Å². The Morgan fingerprint density at radius 1 is 1.17 bits per heavy atom. The number of imide groups is 1. The molecule has 1 saturated heterocycles. The van der Waals surface area contributed by atoms with E-state index in [0.717, 1.165) is 29.3 Å². The molecule has 156 valence electrons. The third-order valence-electron chi connectivity index (χ3n) is 4.56. The van der Waals surface area contributed by atoms with Crippen LogP contribution in [0.4, 0.5) is 4.79 Å². The zero-order chi connectivity index (χ0) is 21.5. The first-order valence-electron chi connectivity index (χ1n) is 9.45. The van der Waals surface area contributed by atoms with E-state index in [-0.39, 0.29) is 17.8 Å². The van der Waals surface area contributed by atoms with Gasteiger partial charge in [0.15, 0.2) is 0 Å². The van der Waals surface area contributed by atoms with Crippen molar-refractivity contribution in [3.63, 3.8) is 0 Å². The lowest BCUT2D eigenvalue weighted by Gasteiger charge is -2.11. The van der Waals surface area contributed by atoms with E-state index in [1.165, 1.54) is 13.2 Å². The summed E-state index contributed by atoms with van der Waals surface area (Å²) in [4.78, 5) is 39.1. The van der Waals surface area contributed by atoms with Gasteiger partial charge < -0.3 is 9.47 Å².